The molecule has 2 aromatic rings. The van der Waals surface area contributed by atoms with Crippen molar-refractivity contribution in [3.05, 3.63) is 60.0 Å². The second kappa shape index (κ2) is 10.1. The van der Waals surface area contributed by atoms with Crippen molar-refractivity contribution in [3.8, 4) is 6.07 Å². The number of benzene rings is 1. The normalized spacial score (nSPS) is 12.2. The standard InChI is InChI=1S/C25H33N3/c1-7-9-11-21(17-27(6)16-19(3)4)18-28-23(15-26)14-24-20(5)22(10-8-2)12-13-25(24)28/h7,10,12-14,19,21H,1-2,9,11,16-18H2,3-6H3. The third kappa shape index (κ3) is 5.26. The zero-order chi connectivity index (χ0) is 20.7. The number of hydrogen-bond acceptors (Lipinski definition) is 2. The molecule has 0 saturated heterocycles. The Bertz CT molecular complexity index is 904. The van der Waals surface area contributed by atoms with E-state index in [2.05, 4.69) is 74.4 Å². The van der Waals surface area contributed by atoms with Gasteiger partial charge in [-0.05, 0) is 68.0 Å². The second-order valence-electron chi connectivity index (χ2n) is 8.16. The monoisotopic (exact) mass is 375 g/mol. The molecular weight excluding hydrogens is 342 g/mol. The van der Waals surface area contributed by atoms with Crippen molar-refractivity contribution in [3.63, 3.8) is 0 Å². The smallest absolute Gasteiger partial charge is 0.121 e. The van der Waals surface area contributed by atoms with Crippen LogP contribution in [0.15, 0.2) is 43.2 Å². The SMILES string of the molecule is C=C=Cc1ccc2c(cc(C#N)n2CC(CCC=C)CN(C)CC(C)C)c1C. The highest BCUT2D eigenvalue weighted by Gasteiger charge is 2.18. The van der Waals surface area contributed by atoms with Gasteiger partial charge in [0.1, 0.15) is 11.8 Å². The Balaban J connectivity index is 2.39. The highest BCUT2D eigenvalue weighted by molar-refractivity contribution is 5.88. The summed E-state index contributed by atoms with van der Waals surface area (Å²) in [4.78, 5) is 2.41. The van der Waals surface area contributed by atoms with E-state index < -0.39 is 0 Å². The summed E-state index contributed by atoms with van der Waals surface area (Å²) in [5, 5.41) is 10.9. The molecule has 0 aliphatic rings. The van der Waals surface area contributed by atoms with Crippen molar-refractivity contribution in [2.24, 2.45) is 11.8 Å². The molecule has 1 aromatic carbocycles. The Labute approximate surface area is 170 Å². The molecule has 1 atom stereocenters. The molecule has 1 unspecified atom stereocenters. The van der Waals surface area contributed by atoms with E-state index in [1.807, 2.05) is 18.2 Å². The average molecular weight is 376 g/mol. The number of hydrogen-bond donors (Lipinski definition) is 0. The van der Waals surface area contributed by atoms with Crippen molar-refractivity contribution in [2.45, 2.75) is 40.2 Å². The van der Waals surface area contributed by atoms with Gasteiger partial charge in [-0.3, -0.25) is 0 Å². The van der Waals surface area contributed by atoms with Crippen molar-refractivity contribution in [2.75, 3.05) is 20.1 Å². The molecule has 2 rings (SSSR count). The topological polar surface area (TPSA) is 32.0 Å². The highest BCUT2D eigenvalue weighted by Crippen LogP contribution is 2.28. The molecular formula is C25H33N3. The lowest BCUT2D eigenvalue weighted by Gasteiger charge is -2.26. The van der Waals surface area contributed by atoms with Crippen molar-refractivity contribution in [1.29, 1.82) is 5.26 Å². The molecule has 0 fully saturated rings. The summed E-state index contributed by atoms with van der Waals surface area (Å²) in [5.41, 5.74) is 6.99. The van der Waals surface area contributed by atoms with Crippen LogP contribution in [0.2, 0.25) is 0 Å². The van der Waals surface area contributed by atoms with Crippen molar-refractivity contribution >= 4 is 17.0 Å². The van der Waals surface area contributed by atoms with E-state index in [-0.39, 0.29) is 0 Å². The summed E-state index contributed by atoms with van der Waals surface area (Å²) in [6.45, 7) is 17.1. The van der Waals surface area contributed by atoms with Crippen molar-refractivity contribution in [1.82, 2.24) is 9.47 Å². The number of rotatable bonds is 10. The Morgan fingerprint density at radius 1 is 1.29 bits per heavy atom. The van der Waals surface area contributed by atoms with Crippen LogP contribution in [0.3, 0.4) is 0 Å². The van der Waals surface area contributed by atoms with E-state index in [1.165, 1.54) is 5.56 Å². The van der Waals surface area contributed by atoms with Gasteiger partial charge in [0.2, 0.25) is 0 Å². The highest BCUT2D eigenvalue weighted by atomic mass is 15.1. The van der Waals surface area contributed by atoms with E-state index in [0.717, 1.165) is 54.6 Å². The van der Waals surface area contributed by atoms with E-state index in [0.29, 0.717) is 11.8 Å². The fourth-order valence-corrected chi connectivity index (χ4v) is 4.04. The first-order valence-electron chi connectivity index (χ1n) is 10.1. The molecule has 3 heteroatoms. The van der Waals surface area contributed by atoms with Crippen LogP contribution in [0.4, 0.5) is 0 Å². The largest absolute Gasteiger partial charge is 0.332 e. The van der Waals surface area contributed by atoms with Crippen LogP contribution in [0.1, 0.15) is 43.5 Å². The summed E-state index contributed by atoms with van der Waals surface area (Å²) in [5.74, 6) is 1.11. The van der Waals surface area contributed by atoms with E-state index in [1.54, 1.807) is 0 Å². The van der Waals surface area contributed by atoms with Gasteiger partial charge in [0.05, 0.1) is 0 Å². The van der Waals surface area contributed by atoms with Gasteiger partial charge in [0.25, 0.3) is 0 Å². The van der Waals surface area contributed by atoms with Gasteiger partial charge in [0, 0.05) is 30.5 Å². The van der Waals surface area contributed by atoms with E-state index in [4.69, 9.17) is 0 Å². The molecule has 28 heavy (non-hydrogen) atoms. The quantitative estimate of drug-likeness (QED) is 0.389. The molecule has 1 aromatic heterocycles. The molecule has 0 aliphatic heterocycles. The summed E-state index contributed by atoms with van der Waals surface area (Å²) in [7, 11) is 2.19. The Morgan fingerprint density at radius 2 is 2.04 bits per heavy atom. The molecule has 3 nitrogen and oxygen atoms in total. The lowest BCUT2D eigenvalue weighted by Crippen LogP contribution is -2.31. The average Bonchev–Trinajstić information content (AvgIpc) is 3.00. The third-order valence-corrected chi connectivity index (χ3v) is 5.24. The number of allylic oxidation sites excluding steroid dienone is 1. The van der Waals surface area contributed by atoms with Crippen LogP contribution in [0.5, 0.6) is 0 Å². The van der Waals surface area contributed by atoms with Crippen LogP contribution < -0.4 is 0 Å². The van der Waals surface area contributed by atoms with Gasteiger partial charge in [-0.25, -0.2) is 0 Å². The molecule has 0 radical (unpaired) electrons. The van der Waals surface area contributed by atoms with Gasteiger partial charge in [-0.2, -0.15) is 5.26 Å². The fourth-order valence-electron chi connectivity index (χ4n) is 4.04. The summed E-state index contributed by atoms with van der Waals surface area (Å²) in [6, 6.07) is 8.64. The summed E-state index contributed by atoms with van der Waals surface area (Å²) in [6.07, 6.45) is 5.96. The molecule has 0 amide bonds. The molecule has 0 saturated carbocycles. The molecule has 0 N–H and O–H groups in total. The first kappa shape index (κ1) is 21.8. The van der Waals surface area contributed by atoms with Crippen LogP contribution >= 0.6 is 0 Å². The predicted octanol–water partition coefficient (Wildman–Crippen LogP) is 5.79. The molecule has 0 aliphatic carbocycles. The van der Waals surface area contributed by atoms with Gasteiger partial charge >= 0.3 is 0 Å². The van der Waals surface area contributed by atoms with E-state index in [9.17, 15) is 5.26 Å². The minimum absolute atomic E-state index is 0.470. The second-order valence-corrected chi connectivity index (χ2v) is 8.16. The summed E-state index contributed by atoms with van der Waals surface area (Å²) >= 11 is 0. The Morgan fingerprint density at radius 3 is 2.64 bits per heavy atom. The van der Waals surface area contributed by atoms with Gasteiger partial charge in [-0.15, -0.1) is 12.3 Å². The number of nitriles is 1. The molecule has 1 heterocycles. The zero-order valence-electron chi connectivity index (χ0n) is 17.8. The van der Waals surface area contributed by atoms with Crippen LogP contribution in [-0.2, 0) is 6.54 Å². The molecule has 0 spiro atoms. The minimum atomic E-state index is 0.470. The number of fused-ring (bicyclic) bond motifs is 1. The lowest BCUT2D eigenvalue weighted by molar-refractivity contribution is 0.230. The van der Waals surface area contributed by atoms with Gasteiger partial charge in [0.15, 0.2) is 0 Å². The zero-order valence-corrected chi connectivity index (χ0v) is 17.8. The maximum Gasteiger partial charge on any atom is 0.121 e. The van der Waals surface area contributed by atoms with Gasteiger partial charge in [-0.1, -0.05) is 32.6 Å². The van der Waals surface area contributed by atoms with Gasteiger partial charge < -0.3 is 9.47 Å². The maximum absolute atomic E-state index is 9.75. The third-order valence-electron chi connectivity index (χ3n) is 5.24. The predicted molar refractivity (Wildman–Crippen MR) is 120 cm³/mol. The number of nitrogens with zero attached hydrogens (tertiary/aromatic N) is 3. The Hall–Kier alpha value is -2.53. The van der Waals surface area contributed by atoms with Crippen LogP contribution in [-0.4, -0.2) is 29.6 Å². The molecule has 148 valence electrons. The minimum Gasteiger partial charge on any atom is -0.332 e. The fraction of sp³-hybridized carbons (Fsp3) is 0.440. The van der Waals surface area contributed by atoms with Crippen molar-refractivity contribution < 1.29 is 0 Å². The first-order valence-corrected chi connectivity index (χ1v) is 10.1. The number of aryl methyl sites for hydroxylation is 1. The van der Waals surface area contributed by atoms with Crippen LogP contribution in [0, 0.1) is 30.1 Å². The maximum atomic E-state index is 9.75. The lowest BCUT2D eigenvalue weighted by atomic mass is 10.0. The first-order chi connectivity index (χ1) is 13.4. The Kier molecular flexibility index (Phi) is 7.88. The summed E-state index contributed by atoms with van der Waals surface area (Å²) < 4.78 is 2.20. The molecule has 0 bridgehead atoms. The van der Waals surface area contributed by atoms with E-state index >= 15 is 0 Å². The number of aromatic nitrogens is 1. The van der Waals surface area contributed by atoms with Crippen LogP contribution in [0.25, 0.3) is 17.0 Å².